The molecule has 0 aliphatic rings. The molecule has 0 spiro atoms. The number of pyridine rings is 1. The lowest BCUT2D eigenvalue weighted by molar-refractivity contribution is -0.126. The number of benzene rings is 1. The number of hydrogen-bond donors (Lipinski definition) is 3. The molecule has 0 aliphatic heterocycles. The van der Waals surface area contributed by atoms with Crippen molar-refractivity contribution in [2.75, 3.05) is 19.0 Å². The summed E-state index contributed by atoms with van der Waals surface area (Å²) in [5.41, 5.74) is -0.438. The van der Waals surface area contributed by atoms with Crippen LogP contribution in [0.4, 0.5) is 10.5 Å². The summed E-state index contributed by atoms with van der Waals surface area (Å²) in [5.74, 6) is -0.532. The third-order valence-electron chi connectivity index (χ3n) is 7.32. The number of anilines is 1. The molecule has 3 N–H and O–H groups in total. The fourth-order valence-corrected chi connectivity index (χ4v) is 4.92. The molecule has 1 aromatic heterocycles. The number of nitrogens with one attached hydrogen (secondary N) is 3. The minimum atomic E-state index is -2.14. The second-order valence-corrected chi connectivity index (χ2v) is 17.8. The summed E-state index contributed by atoms with van der Waals surface area (Å²) < 4.78 is 13.0. The van der Waals surface area contributed by atoms with E-state index in [1.165, 1.54) is 16.8 Å². The van der Waals surface area contributed by atoms with E-state index < -0.39 is 43.6 Å². The van der Waals surface area contributed by atoms with Gasteiger partial charge >= 0.3 is 6.09 Å². The second kappa shape index (κ2) is 14.6. The van der Waals surface area contributed by atoms with E-state index in [1.807, 2.05) is 30.3 Å². The monoisotopic (exact) mass is 600 g/mol. The molecule has 0 radical (unpaired) electrons. The fraction of sp³-hybridized carbons (Fsp3) is 0.548. The third kappa shape index (κ3) is 10.8. The van der Waals surface area contributed by atoms with E-state index in [2.05, 4.69) is 49.8 Å². The van der Waals surface area contributed by atoms with E-state index in [9.17, 15) is 19.2 Å². The summed E-state index contributed by atoms with van der Waals surface area (Å²) in [4.78, 5) is 52.0. The molecule has 0 saturated carbocycles. The molecule has 0 saturated heterocycles. The largest absolute Gasteiger partial charge is 0.444 e. The summed E-state index contributed by atoms with van der Waals surface area (Å²) >= 11 is 0. The van der Waals surface area contributed by atoms with Crippen molar-refractivity contribution in [3.8, 4) is 0 Å². The maximum atomic E-state index is 13.9. The van der Waals surface area contributed by atoms with E-state index in [1.54, 1.807) is 33.9 Å². The Morgan fingerprint density at radius 3 is 2.19 bits per heavy atom. The van der Waals surface area contributed by atoms with Gasteiger partial charge in [0.15, 0.2) is 8.32 Å². The SMILES string of the molecule is CNC(=O)CC[C@@H](CO[Si](C)(C)C(C)(C)C)NC(=O)[C@H](Cc1ccccc1)n1cccc(NC(=O)OC(C)(C)C)c1=O. The zero-order chi connectivity index (χ0) is 31.7. The molecular weight excluding hydrogens is 552 g/mol. The first-order valence-corrected chi connectivity index (χ1v) is 17.2. The summed E-state index contributed by atoms with van der Waals surface area (Å²) in [7, 11) is -0.572. The van der Waals surface area contributed by atoms with Crippen molar-refractivity contribution < 1.29 is 23.5 Å². The van der Waals surface area contributed by atoms with Crippen molar-refractivity contribution in [2.45, 2.75) is 96.6 Å². The lowest BCUT2D eigenvalue weighted by Crippen LogP contribution is -2.48. The van der Waals surface area contributed by atoms with Crippen LogP contribution in [0, 0.1) is 0 Å². The molecule has 0 aliphatic carbocycles. The first kappa shape index (κ1) is 34.8. The van der Waals surface area contributed by atoms with E-state index >= 15 is 0 Å². The Morgan fingerprint density at radius 2 is 1.62 bits per heavy atom. The van der Waals surface area contributed by atoms with Gasteiger partial charge in [-0.1, -0.05) is 51.1 Å². The zero-order valence-corrected chi connectivity index (χ0v) is 27.5. The Labute approximate surface area is 250 Å². The van der Waals surface area contributed by atoms with Gasteiger partial charge in [-0.3, -0.25) is 19.7 Å². The Kier molecular flexibility index (Phi) is 12.1. The number of ether oxygens (including phenoxy) is 1. The van der Waals surface area contributed by atoms with Crippen molar-refractivity contribution in [3.63, 3.8) is 0 Å². The number of amides is 3. The zero-order valence-electron chi connectivity index (χ0n) is 26.5. The Bertz CT molecular complexity index is 1260. The highest BCUT2D eigenvalue weighted by atomic mass is 28.4. The van der Waals surface area contributed by atoms with Gasteiger partial charge in [0, 0.05) is 26.1 Å². The van der Waals surface area contributed by atoms with Gasteiger partial charge in [-0.05, 0) is 63.0 Å². The summed E-state index contributed by atoms with van der Waals surface area (Å²) in [5, 5.41) is 8.16. The molecule has 0 fully saturated rings. The van der Waals surface area contributed by atoms with Crippen molar-refractivity contribution in [1.29, 1.82) is 0 Å². The number of carbonyl (C=O) groups is 3. The van der Waals surface area contributed by atoms with E-state index in [4.69, 9.17) is 9.16 Å². The first-order chi connectivity index (χ1) is 19.4. The van der Waals surface area contributed by atoms with Crippen LogP contribution < -0.4 is 21.5 Å². The number of hydrogen-bond acceptors (Lipinski definition) is 6. The molecule has 2 atom stereocenters. The van der Waals surface area contributed by atoms with E-state index in [-0.39, 0.29) is 36.1 Å². The smallest absolute Gasteiger partial charge is 0.412 e. The predicted molar refractivity (Wildman–Crippen MR) is 168 cm³/mol. The van der Waals surface area contributed by atoms with Crippen molar-refractivity contribution >= 4 is 31.9 Å². The number of rotatable bonds is 12. The van der Waals surface area contributed by atoms with Gasteiger partial charge in [0.2, 0.25) is 11.8 Å². The number of carbonyl (C=O) groups excluding carboxylic acids is 3. The van der Waals surface area contributed by atoms with Crippen LogP contribution in [0.1, 0.15) is 66.0 Å². The van der Waals surface area contributed by atoms with Crippen LogP contribution in [0.5, 0.6) is 0 Å². The van der Waals surface area contributed by atoms with Crippen molar-refractivity contribution in [1.82, 2.24) is 15.2 Å². The van der Waals surface area contributed by atoms with Crippen molar-refractivity contribution in [3.05, 3.63) is 64.6 Å². The summed E-state index contributed by atoms with van der Waals surface area (Å²) in [6.07, 6.45) is 1.57. The minimum absolute atomic E-state index is 0.00459. The molecule has 232 valence electrons. The molecule has 1 aromatic carbocycles. The Hall–Kier alpha value is -3.44. The van der Waals surface area contributed by atoms with Gasteiger partial charge in [-0.2, -0.15) is 0 Å². The molecule has 11 heteroatoms. The quantitative estimate of drug-likeness (QED) is 0.294. The molecule has 0 unspecified atom stereocenters. The summed E-state index contributed by atoms with van der Waals surface area (Å²) in [6, 6.07) is 11.1. The van der Waals surface area contributed by atoms with Crippen LogP contribution in [0.15, 0.2) is 53.5 Å². The summed E-state index contributed by atoms with van der Waals surface area (Å²) in [6.45, 7) is 16.1. The molecule has 2 rings (SSSR count). The maximum absolute atomic E-state index is 13.9. The topological polar surface area (TPSA) is 128 Å². The molecule has 10 nitrogen and oxygen atoms in total. The van der Waals surface area contributed by atoms with Gasteiger partial charge in [0.25, 0.3) is 5.56 Å². The van der Waals surface area contributed by atoms with Gasteiger partial charge < -0.3 is 24.4 Å². The Morgan fingerprint density at radius 1 is 0.976 bits per heavy atom. The highest BCUT2D eigenvalue weighted by Gasteiger charge is 2.38. The van der Waals surface area contributed by atoms with E-state index in [0.29, 0.717) is 6.42 Å². The number of nitrogens with zero attached hydrogens (tertiary/aromatic N) is 1. The standard InChI is InChI=1S/C31H48N4O6Si/c1-30(2,3)41-29(39)34-24-16-13-19-35(28(24)38)25(20-22-14-11-10-12-15-22)27(37)33-23(17-18-26(36)32-7)21-40-42(8,9)31(4,5)6/h10-16,19,23,25H,17-18,20-21H2,1-9H3,(H,32,36)(H,33,37)(H,34,39)/t23-,25-/m0/s1. The molecule has 1 heterocycles. The van der Waals surface area contributed by atoms with Crippen LogP contribution in [0.3, 0.4) is 0 Å². The predicted octanol–water partition coefficient (Wildman–Crippen LogP) is 5.01. The van der Waals surface area contributed by atoms with Crippen LogP contribution in [-0.2, 0) is 25.2 Å². The molecule has 0 bridgehead atoms. The molecule has 3 amide bonds. The highest BCUT2D eigenvalue weighted by Crippen LogP contribution is 2.36. The molecule has 2 aromatic rings. The fourth-order valence-electron chi connectivity index (χ4n) is 3.87. The first-order valence-electron chi connectivity index (χ1n) is 14.3. The maximum Gasteiger partial charge on any atom is 0.412 e. The lowest BCUT2D eigenvalue weighted by Gasteiger charge is -2.37. The van der Waals surface area contributed by atoms with Crippen LogP contribution >= 0.6 is 0 Å². The van der Waals surface area contributed by atoms with E-state index in [0.717, 1.165) is 5.56 Å². The molecular formula is C31H48N4O6Si. The van der Waals surface area contributed by atoms with Crippen LogP contribution in [0.25, 0.3) is 0 Å². The normalized spacial score (nSPS) is 13.5. The Balaban J connectivity index is 2.41. The third-order valence-corrected chi connectivity index (χ3v) is 11.8. The highest BCUT2D eigenvalue weighted by molar-refractivity contribution is 6.74. The molecule has 42 heavy (non-hydrogen) atoms. The van der Waals surface area contributed by atoms with Gasteiger partial charge in [-0.25, -0.2) is 4.79 Å². The second-order valence-electron chi connectivity index (χ2n) is 13.0. The number of aromatic nitrogens is 1. The van der Waals surface area contributed by atoms with Crippen LogP contribution in [0.2, 0.25) is 18.1 Å². The van der Waals surface area contributed by atoms with Gasteiger partial charge in [0.05, 0.1) is 12.6 Å². The van der Waals surface area contributed by atoms with Gasteiger partial charge in [0.1, 0.15) is 17.3 Å². The lowest BCUT2D eigenvalue weighted by atomic mass is 10.0. The minimum Gasteiger partial charge on any atom is -0.444 e. The van der Waals surface area contributed by atoms with Crippen molar-refractivity contribution in [2.24, 2.45) is 0 Å². The van der Waals surface area contributed by atoms with Crippen LogP contribution in [-0.4, -0.2) is 56.1 Å². The average molecular weight is 601 g/mol. The average Bonchev–Trinajstić information content (AvgIpc) is 2.88. The van der Waals surface area contributed by atoms with Gasteiger partial charge in [-0.15, -0.1) is 0 Å².